The highest BCUT2D eigenvalue weighted by atomic mass is 16.5. The lowest BCUT2D eigenvalue weighted by molar-refractivity contribution is 0.485. The zero-order valence-electron chi connectivity index (χ0n) is 15.3. The van der Waals surface area contributed by atoms with Gasteiger partial charge in [-0.25, -0.2) is 0 Å². The highest BCUT2D eigenvalue weighted by Crippen LogP contribution is 2.31. The van der Waals surface area contributed by atoms with Gasteiger partial charge in [0, 0.05) is 5.69 Å². The molecule has 4 rings (SSSR count). The summed E-state index contributed by atoms with van der Waals surface area (Å²) >= 11 is 0. The van der Waals surface area contributed by atoms with E-state index in [1.54, 1.807) is 6.20 Å². The van der Waals surface area contributed by atoms with Gasteiger partial charge in [-0.05, 0) is 42.8 Å². The highest BCUT2D eigenvalue weighted by Gasteiger charge is 2.08. The van der Waals surface area contributed by atoms with Crippen LogP contribution < -0.4 is 15.4 Å². The average molecular weight is 369 g/mol. The number of nitrogens with zero attached hydrogens (tertiary/aromatic N) is 3. The first-order valence-corrected chi connectivity index (χ1v) is 8.89. The van der Waals surface area contributed by atoms with Crippen LogP contribution in [0.3, 0.4) is 0 Å². The molecule has 0 aliphatic carbocycles. The van der Waals surface area contributed by atoms with Crippen LogP contribution in [-0.4, -0.2) is 15.2 Å². The molecule has 0 bridgehead atoms. The zero-order valence-corrected chi connectivity index (χ0v) is 15.3. The molecule has 1 heterocycles. The molecule has 6 heteroatoms. The van der Waals surface area contributed by atoms with Crippen molar-refractivity contribution in [2.75, 3.05) is 10.6 Å². The van der Waals surface area contributed by atoms with Crippen LogP contribution in [0.4, 0.5) is 23.1 Å². The Bertz CT molecular complexity index is 1070. The summed E-state index contributed by atoms with van der Waals surface area (Å²) in [6.07, 6.45) is 1.57. The first-order chi connectivity index (χ1) is 13.8. The molecule has 6 nitrogen and oxygen atoms in total. The van der Waals surface area contributed by atoms with Crippen LogP contribution in [0.2, 0.25) is 0 Å². The predicted molar refractivity (Wildman–Crippen MR) is 111 cm³/mol. The van der Waals surface area contributed by atoms with Crippen LogP contribution in [0.25, 0.3) is 0 Å². The van der Waals surface area contributed by atoms with Gasteiger partial charge in [0.15, 0.2) is 11.6 Å². The molecule has 0 aliphatic heterocycles. The smallest absolute Gasteiger partial charge is 0.249 e. The molecule has 3 aromatic carbocycles. The SMILES string of the molecule is Cc1ccccc1Nc1nncc(Nc2ccccc2Oc2ccccc2)n1. The van der Waals surface area contributed by atoms with Crippen LogP contribution in [0, 0.1) is 6.92 Å². The van der Waals surface area contributed by atoms with Crippen molar-refractivity contribution in [2.45, 2.75) is 6.92 Å². The first kappa shape index (κ1) is 17.5. The summed E-state index contributed by atoms with van der Waals surface area (Å²) in [5.74, 6) is 2.44. The third kappa shape index (κ3) is 4.24. The molecule has 28 heavy (non-hydrogen) atoms. The number of hydrogen-bond donors (Lipinski definition) is 2. The summed E-state index contributed by atoms with van der Waals surface area (Å²) in [6, 6.07) is 25.3. The minimum Gasteiger partial charge on any atom is -0.455 e. The largest absolute Gasteiger partial charge is 0.455 e. The van der Waals surface area contributed by atoms with Crippen LogP contribution in [0.5, 0.6) is 11.5 Å². The van der Waals surface area contributed by atoms with Crippen molar-refractivity contribution in [1.29, 1.82) is 0 Å². The van der Waals surface area contributed by atoms with Gasteiger partial charge >= 0.3 is 0 Å². The maximum atomic E-state index is 5.98. The van der Waals surface area contributed by atoms with E-state index in [4.69, 9.17) is 4.74 Å². The third-order valence-corrected chi connectivity index (χ3v) is 4.07. The molecule has 0 fully saturated rings. The number of para-hydroxylation sites is 4. The third-order valence-electron chi connectivity index (χ3n) is 4.07. The number of aryl methyl sites for hydroxylation is 1. The molecule has 1 aromatic heterocycles. The van der Waals surface area contributed by atoms with E-state index in [0.717, 1.165) is 22.7 Å². The van der Waals surface area contributed by atoms with Crippen LogP contribution >= 0.6 is 0 Å². The Kier molecular flexibility index (Phi) is 5.11. The molecule has 0 aliphatic rings. The number of benzene rings is 3. The van der Waals surface area contributed by atoms with Gasteiger partial charge in [0.05, 0.1) is 11.9 Å². The van der Waals surface area contributed by atoms with E-state index in [-0.39, 0.29) is 0 Å². The van der Waals surface area contributed by atoms with Gasteiger partial charge in [-0.2, -0.15) is 10.1 Å². The Morgan fingerprint density at radius 1 is 0.750 bits per heavy atom. The molecule has 0 spiro atoms. The van der Waals surface area contributed by atoms with E-state index < -0.39 is 0 Å². The molecular formula is C22H19N5O. The molecule has 0 saturated carbocycles. The maximum Gasteiger partial charge on any atom is 0.249 e. The van der Waals surface area contributed by atoms with Crippen molar-refractivity contribution < 1.29 is 4.74 Å². The summed E-state index contributed by atoms with van der Waals surface area (Å²) in [6.45, 7) is 2.02. The Morgan fingerprint density at radius 2 is 1.46 bits per heavy atom. The first-order valence-electron chi connectivity index (χ1n) is 8.89. The fourth-order valence-corrected chi connectivity index (χ4v) is 2.66. The van der Waals surface area contributed by atoms with E-state index in [2.05, 4.69) is 25.8 Å². The fraction of sp³-hybridized carbons (Fsp3) is 0.0455. The lowest BCUT2D eigenvalue weighted by atomic mass is 10.2. The monoisotopic (exact) mass is 369 g/mol. The van der Waals surface area contributed by atoms with Crippen LogP contribution in [0.1, 0.15) is 5.56 Å². The van der Waals surface area contributed by atoms with Gasteiger partial charge in [-0.15, -0.1) is 5.10 Å². The van der Waals surface area contributed by atoms with E-state index >= 15 is 0 Å². The molecule has 0 unspecified atom stereocenters. The number of nitrogens with one attached hydrogen (secondary N) is 2. The summed E-state index contributed by atoms with van der Waals surface area (Å²) < 4.78 is 5.98. The summed E-state index contributed by atoms with van der Waals surface area (Å²) in [5, 5.41) is 14.6. The molecule has 2 N–H and O–H groups in total. The molecule has 0 atom stereocenters. The lowest BCUT2D eigenvalue weighted by Crippen LogP contribution is -2.03. The normalized spacial score (nSPS) is 10.3. The van der Waals surface area contributed by atoms with Crippen molar-refractivity contribution in [1.82, 2.24) is 15.2 Å². The van der Waals surface area contributed by atoms with E-state index in [0.29, 0.717) is 17.5 Å². The fourth-order valence-electron chi connectivity index (χ4n) is 2.66. The summed E-state index contributed by atoms with van der Waals surface area (Å²) in [5.41, 5.74) is 2.83. The van der Waals surface area contributed by atoms with Crippen LogP contribution in [0.15, 0.2) is 85.1 Å². The Hall–Kier alpha value is -3.93. The van der Waals surface area contributed by atoms with Crippen molar-refractivity contribution >= 4 is 23.1 Å². The second-order valence-electron chi connectivity index (χ2n) is 6.14. The second kappa shape index (κ2) is 8.18. The van der Waals surface area contributed by atoms with Gasteiger partial charge in [0.1, 0.15) is 5.75 Å². The topological polar surface area (TPSA) is 72.0 Å². The summed E-state index contributed by atoms with van der Waals surface area (Å²) in [4.78, 5) is 4.50. The van der Waals surface area contributed by atoms with Gasteiger partial charge in [-0.3, -0.25) is 0 Å². The molecular weight excluding hydrogens is 350 g/mol. The van der Waals surface area contributed by atoms with Crippen molar-refractivity contribution in [3.05, 3.63) is 90.6 Å². The average Bonchev–Trinajstić information content (AvgIpc) is 2.72. The van der Waals surface area contributed by atoms with Crippen molar-refractivity contribution in [3.63, 3.8) is 0 Å². The van der Waals surface area contributed by atoms with Gasteiger partial charge in [0.2, 0.25) is 5.95 Å². The number of aromatic nitrogens is 3. The molecule has 0 amide bonds. The molecule has 138 valence electrons. The zero-order chi connectivity index (χ0) is 19.2. The molecule has 0 saturated heterocycles. The maximum absolute atomic E-state index is 5.98. The predicted octanol–water partition coefficient (Wildman–Crippen LogP) is 5.46. The second-order valence-corrected chi connectivity index (χ2v) is 6.14. The number of rotatable bonds is 6. The van der Waals surface area contributed by atoms with Crippen molar-refractivity contribution in [3.8, 4) is 11.5 Å². The van der Waals surface area contributed by atoms with Crippen LogP contribution in [-0.2, 0) is 0 Å². The lowest BCUT2D eigenvalue weighted by Gasteiger charge is -2.13. The molecule has 0 radical (unpaired) electrons. The van der Waals surface area contributed by atoms with Gasteiger partial charge < -0.3 is 15.4 Å². The Balaban J connectivity index is 1.54. The van der Waals surface area contributed by atoms with Gasteiger partial charge in [0.25, 0.3) is 0 Å². The highest BCUT2D eigenvalue weighted by molar-refractivity contribution is 5.65. The minimum atomic E-state index is 0.417. The number of hydrogen-bond acceptors (Lipinski definition) is 6. The summed E-state index contributed by atoms with van der Waals surface area (Å²) in [7, 11) is 0. The van der Waals surface area contributed by atoms with E-state index in [1.165, 1.54) is 0 Å². The number of anilines is 4. The Morgan fingerprint density at radius 3 is 2.29 bits per heavy atom. The quantitative estimate of drug-likeness (QED) is 0.470. The van der Waals surface area contributed by atoms with E-state index in [9.17, 15) is 0 Å². The molecule has 4 aromatic rings. The number of ether oxygens (including phenoxy) is 1. The standard InChI is InChI=1S/C22H19N5O/c1-16-9-5-6-12-18(16)25-22-26-21(15-23-27-22)24-19-13-7-8-14-20(19)28-17-10-3-2-4-11-17/h2-15H,1H3,(H2,24,25,26,27). The van der Waals surface area contributed by atoms with Crippen molar-refractivity contribution in [2.24, 2.45) is 0 Å². The van der Waals surface area contributed by atoms with E-state index in [1.807, 2.05) is 85.8 Å². The minimum absolute atomic E-state index is 0.417. The Labute approximate surface area is 163 Å². The van der Waals surface area contributed by atoms with Gasteiger partial charge in [-0.1, -0.05) is 48.5 Å².